The van der Waals surface area contributed by atoms with E-state index in [-0.39, 0.29) is 23.4 Å². The number of aliphatic hydroxyl groups is 1. The summed E-state index contributed by atoms with van der Waals surface area (Å²) in [6.07, 6.45) is 2.37. The monoisotopic (exact) mass is 259 g/mol. The summed E-state index contributed by atoms with van der Waals surface area (Å²) in [5, 5.41) is 24.7. The lowest BCUT2D eigenvalue weighted by Gasteiger charge is -2.37. The molecule has 0 saturated carbocycles. The van der Waals surface area contributed by atoms with Crippen LogP contribution in [0.1, 0.15) is 33.1 Å². The Hall–Kier alpha value is -0.850. The van der Waals surface area contributed by atoms with Gasteiger partial charge in [-0.1, -0.05) is 19.0 Å². The molecule has 0 unspecified atom stereocenters. The van der Waals surface area contributed by atoms with Crippen molar-refractivity contribution in [2.75, 3.05) is 26.4 Å². The molecule has 106 valence electrons. The van der Waals surface area contributed by atoms with Crippen LogP contribution in [0.25, 0.3) is 0 Å². The normalized spacial score (nSPS) is 20.9. The van der Waals surface area contributed by atoms with Gasteiger partial charge in [0.25, 0.3) is 0 Å². The minimum atomic E-state index is -0.358. The number of hydrogen-bond donors (Lipinski definition) is 4. The lowest BCUT2D eigenvalue weighted by Crippen LogP contribution is -2.53. The molecule has 1 aliphatic rings. The van der Waals surface area contributed by atoms with E-state index >= 15 is 0 Å². The molecule has 0 aromatic rings. The van der Waals surface area contributed by atoms with Crippen LogP contribution in [0.4, 0.5) is 0 Å². The van der Waals surface area contributed by atoms with Crippen LogP contribution in [0.15, 0.2) is 5.16 Å². The van der Waals surface area contributed by atoms with Crippen LogP contribution in [0.3, 0.4) is 0 Å². The first kappa shape index (κ1) is 15.2. The molecule has 0 amide bonds. The van der Waals surface area contributed by atoms with Gasteiger partial charge in [-0.15, -0.1) is 0 Å². The van der Waals surface area contributed by atoms with Gasteiger partial charge in [0.05, 0.1) is 6.61 Å². The highest BCUT2D eigenvalue weighted by Gasteiger charge is 2.32. The number of hydrogen-bond acceptors (Lipinski definition) is 5. The van der Waals surface area contributed by atoms with Crippen molar-refractivity contribution < 1.29 is 15.1 Å². The van der Waals surface area contributed by atoms with Crippen molar-refractivity contribution in [3.05, 3.63) is 0 Å². The zero-order chi connectivity index (χ0) is 13.6. The standard InChI is InChI=1S/C12H25N3O3/c1-11(2,10(13)15-17)3-6-14-12(9-16)4-7-18-8-5-12/h14,16-17H,3-9H2,1-2H3,(H2,13,15). The Balaban J connectivity index is 2.44. The van der Waals surface area contributed by atoms with Gasteiger partial charge < -0.3 is 26.1 Å². The average molecular weight is 259 g/mol. The first-order chi connectivity index (χ1) is 8.46. The minimum Gasteiger partial charge on any atom is -0.409 e. The predicted molar refractivity (Wildman–Crippen MR) is 69.7 cm³/mol. The third-order valence-electron chi connectivity index (χ3n) is 3.80. The highest BCUT2D eigenvalue weighted by Crippen LogP contribution is 2.23. The van der Waals surface area contributed by atoms with Gasteiger partial charge in [0, 0.05) is 24.2 Å². The predicted octanol–water partition coefficient (Wildman–Crippen LogP) is 0.280. The van der Waals surface area contributed by atoms with Crippen LogP contribution in [0.2, 0.25) is 0 Å². The Kier molecular flexibility index (Phi) is 5.37. The molecular weight excluding hydrogens is 234 g/mol. The third-order valence-corrected chi connectivity index (χ3v) is 3.80. The fraction of sp³-hybridized carbons (Fsp3) is 0.917. The lowest BCUT2D eigenvalue weighted by atomic mass is 9.86. The molecule has 18 heavy (non-hydrogen) atoms. The molecule has 0 aromatic carbocycles. The summed E-state index contributed by atoms with van der Waals surface area (Å²) in [7, 11) is 0. The van der Waals surface area contributed by atoms with Crippen molar-refractivity contribution in [3.63, 3.8) is 0 Å². The van der Waals surface area contributed by atoms with E-state index in [9.17, 15) is 5.11 Å². The van der Waals surface area contributed by atoms with Gasteiger partial charge in [-0.3, -0.25) is 0 Å². The van der Waals surface area contributed by atoms with E-state index in [1.54, 1.807) is 0 Å². The van der Waals surface area contributed by atoms with Crippen molar-refractivity contribution >= 4 is 5.84 Å². The molecule has 0 atom stereocenters. The number of ether oxygens (including phenoxy) is 1. The van der Waals surface area contributed by atoms with E-state index in [0.717, 1.165) is 19.3 Å². The van der Waals surface area contributed by atoms with Gasteiger partial charge in [-0.2, -0.15) is 0 Å². The smallest absolute Gasteiger partial charge is 0.144 e. The van der Waals surface area contributed by atoms with Gasteiger partial charge in [0.1, 0.15) is 5.84 Å². The summed E-state index contributed by atoms with van der Waals surface area (Å²) in [6.45, 7) is 6.04. The fourth-order valence-electron chi connectivity index (χ4n) is 2.06. The maximum atomic E-state index is 9.52. The van der Waals surface area contributed by atoms with Gasteiger partial charge in [-0.05, 0) is 25.8 Å². The Morgan fingerprint density at radius 3 is 2.56 bits per heavy atom. The fourth-order valence-corrected chi connectivity index (χ4v) is 2.06. The summed E-state index contributed by atoms with van der Waals surface area (Å²) >= 11 is 0. The molecular formula is C12H25N3O3. The summed E-state index contributed by atoms with van der Waals surface area (Å²) in [5.41, 5.74) is 5.04. The molecule has 1 fully saturated rings. The zero-order valence-corrected chi connectivity index (χ0v) is 11.3. The van der Waals surface area contributed by atoms with Crippen LogP contribution >= 0.6 is 0 Å². The molecule has 6 nitrogen and oxygen atoms in total. The third kappa shape index (κ3) is 3.83. The molecule has 0 bridgehead atoms. The van der Waals surface area contributed by atoms with Gasteiger partial charge in [0.2, 0.25) is 0 Å². The zero-order valence-electron chi connectivity index (χ0n) is 11.3. The van der Waals surface area contributed by atoms with Gasteiger partial charge in [0.15, 0.2) is 0 Å². The lowest BCUT2D eigenvalue weighted by molar-refractivity contribution is 0.0114. The molecule has 0 radical (unpaired) electrons. The quantitative estimate of drug-likeness (QED) is 0.238. The van der Waals surface area contributed by atoms with Gasteiger partial charge >= 0.3 is 0 Å². The average Bonchev–Trinajstić information content (AvgIpc) is 2.38. The van der Waals surface area contributed by atoms with Crippen molar-refractivity contribution in [1.29, 1.82) is 0 Å². The number of nitrogens with one attached hydrogen (secondary N) is 1. The number of oxime groups is 1. The van der Waals surface area contributed by atoms with E-state index in [2.05, 4.69) is 10.5 Å². The molecule has 0 spiro atoms. The van der Waals surface area contributed by atoms with E-state index in [0.29, 0.717) is 19.8 Å². The molecule has 1 rings (SSSR count). The SMILES string of the molecule is CC(C)(CCNC1(CO)CCOCC1)C(N)=NO. The second kappa shape index (κ2) is 6.36. The van der Waals surface area contributed by atoms with Crippen molar-refractivity contribution in [2.24, 2.45) is 16.3 Å². The maximum absolute atomic E-state index is 9.52. The van der Waals surface area contributed by atoms with Crippen molar-refractivity contribution in [2.45, 2.75) is 38.6 Å². The van der Waals surface area contributed by atoms with Crippen molar-refractivity contribution in [3.8, 4) is 0 Å². The first-order valence-corrected chi connectivity index (χ1v) is 6.37. The van der Waals surface area contributed by atoms with E-state index in [4.69, 9.17) is 15.7 Å². The van der Waals surface area contributed by atoms with Crippen LogP contribution < -0.4 is 11.1 Å². The topological polar surface area (TPSA) is 100 Å². The molecule has 0 aliphatic carbocycles. The largest absolute Gasteiger partial charge is 0.409 e. The molecule has 0 aromatic heterocycles. The number of nitrogens with zero attached hydrogens (tertiary/aromatic N) is 1. The van der Waals surface area contributed by atoms with Crippen LogP contribution in [0, 0.1) is 5.41 Å². The van der Waals surface area contributed by atoms with Crippen LogP contribution in [-0.2, 0) is 4.74 Å². The molecule has 1 aliphatic heterocycles. The Morgan fingerprint density at radius 1 is 1.44 bits per heavy atom. The van der Waals surface area contributed by atoms with Crippen LogP contribution in [-0.4, -0.2) is 48.1 Å². The molecule has 5 N–H and O–H groups in total. The number of amidine groups is 1. The Bertz CT molecular complexity index is 286. The highest BCUT2D eigenvalue weighted by atomic mass is 16.5. The minimum absolute atomic E-state index is 0.111. The Morgan fingerprint density at radius 2 is 2.06 bits per heavy atom. The van der Waals surface area contributed by atoms with E-state index in [1.807, 2.05) is 13.8 Å². The van der Waals surface area contributed by atoms with Gasteiger partial charge in [-0.25, -0.2) is 0 Å². The first-order valence-electron chi connectivity index (χ1n) is 6.37. The van der Waals surface area contributed by atoms with Crippen molar-refractivity contribution in [1.82, 2.24) is 5.32 Å². The van der Waals surface area contributed by atoms with E-state index < -0.39 is 0 Å². The second-order valence-corrected chi connectivity index (χ2v) is 5.60. The summed E-state index contributed by atoms with van der Waals surface area (Å²) in [4.78, 5) is 0. The summed E-state index contributed by atoms with van der Waals surface area (Å²) < 4.78 is 5.31. The summed E-state index contributed by atoms with van der Waals surface area (Å²) in [5.74, 6) is 0.231. The van der Waals surface area contributed by atoms with E-state index in [1.165, 1.54) is 0 Å². The second-order valence-electron chi connectivity index (χ2n) is 5.60. The number of aliphatic hydroxyl groups excluding tert-OH is 1. The molecule has 6 heteroatoms. The van der Waals surface area contributed by atoms with Crippen LogP contribution in [0.5, 0.6) is 0 Å². The maximum Gasteiger partial charge on any atom is 0.144 e. The number of nitrogens with two attached hydrogens (primary N) is 1. The Labute approximate surface area is 108 Å². The summed E-state index contributed by atoms with van der Waals surface area (Å²) in [6, 6.07) is 0. The molecule has 1 saturated heterocycles. The highest BCUT2D eigenvalue weighted by molar-refractivity contribution is 5.85. The number of rotatable bonds is 6. The molecule has 1 heterocycles.